The van der Waals surface area contributed by atoms with Crippen molar-refractivity contribution in [2.24, 2.45) is 5.73 Å². The number of ketones is 1. The lowest BCUT2D eigenvalue weighted by molar-refractivity contribution is -0.116. The average Bonchev–Trinajstić information content (AvgIpc) is 2.73. The Morgan fingerprint density at radius 2 is 2.18 bits per heavy atom. The van der Waals surface area contributed by atoms with Crippen LogP contribution < -0.4 is 11.1 Å². The van der Waals surface area contributed by atoms with E-state index in [-0.39, 0.29) is 11.7 Å². The highest BCUT2D eigenvalue weighted by atomic mass is 32.1. The van der Waals surface area contributed by atoms with Gasteiger partial charge in [0.2, 0.25) is 5.91 Å². The molecule has 0 aliphatic heterocycles. The Bertz CT molecular complexity index is 390. The van der Waals surface area contributed by atoms with Gasteiger partial charge in [0.05, 0.1) is 0 Å². The van der Waals surface area contributed by atoms with Crippen molar-refractivity contribution >= 4 is 28.2 Å². The summed E-state index contributed by atoms with van der Waals surface area (Å²) in [5, 5.41) is 4.81. The quantitative estimate of drug-likeness (QED) is 0.574. The van der Waals surface area contributed by atoms with Gasteiger partial charge < -0.3 is 11.1 Å². The van der Waals surface area contributed by atoms with E-state index in [1.165, 1.54) is 18.3 Å². The van der Waals surface area contributed by atoms with E-state index in [0.29, 0.717) is 23.8 Å². The van der Waals surface area contributed by atoms with Crippen LogP contribution in [-0.2, 0) is 4.79 Å². The monoisotopic (exact) mass is 255 g/mol. The van der Waals surface area contributed by atoms with Gasteiger partial charge in [0.15, 0.2) is 10.9 Å². The van der Waals surface area contributed by atoms with Gasteiger partial charge in [-0.2, -0.15) is 0 Å². The number of rotatable bonds is 7. The van der Waals surface area contributed by atoms with Crippen LogP contribution in [0.5, 0.6) is 0 Å². The molecule has 0 saturated heterocycles. The lowest BCUT2D eigenvalue weighted by Gasteiger charge is -2.00. The molecule has 1 rings (SSSR count). The maximum Gasteiger partial charge on any atom is 0.226 e. The Balaban J connectivity index is 2.32. The number of amides is 1. The number of hydrogen-bond acceptors (Lipinski definition) is 5. The van der Waals surface area contributed by atoms with Gasteiger partial charge in [-0.05, 0) is 19.4 Å². The molecule has 0 aliphatic rings. The number of nitrogens with zero attached hydrogens (tertiary/aromatic N) is 1. The minimum atomic E-state index is -0.0929. The van der Waals surface area contributed by atoms with Crippen molar-refractivity contribution in [1.82, 2.24) is 4.98 Å². The molecule has 0 atom stereocenters. The summed E-state index contributed by atoms with van der Waals surface area (Å²) in [6, 6.07) is 0. The van der Waals surface area contributed by atoms with Crippen LogP contribution in [0.2, 0.25) is 0 Å². The molecule has 1 amide bonds. The zero-order chi connectivity index (χ0) is 12.7. The van der Waals surface area contributed by atoms with Crippen LogP contribution in [0.25, 0.3) is 0 Å². The van der Waals surface area contributed by atoms with Gasteiger partial charge in [0, 0.05) is 18.7 Å². The summed E-state index contributed by atoms with van der Waals surface area (Å²) >= 11 is 1.27. The fraction of sp³-hybridized carbons (Fsp3) is 0.545. The minimum Gasteiger partial charge on any atom is -0.330 e. The Labute approximate surface area is 104 Å². The predicted molar refractivity (Wildman–Crippen MR) is 68.3 cm³/mol. The van der Waals surface area contributed by atoms with E-state index >= 15 is 0 Å². The number of nitrogens with one attached hydrogen (secondary N) is 1. The van der Waals surface area contributed by atoms with Crippen molar-refractivity contribution in [2.45, 2.75) is 32.6 Å². The first-order chi connectivity index (χ1) is 8.13. The van der Waals surface area contributed by atoms with Crippen LogP contribution in [0.3, 0.4) is 0 Å². The van der Waals surface area contributed by atoms with Gasteiger partial charge in [-0.1, -0.05) is 6.42 Å². The van der Waals surface area contributed by atoms with Gasteiger partial charge >= 0.3 is 0 Å². The minimum absolute atomic E-state index is 0.0635. The summed E-state index contributed by atoms with van der Waals surface area (Å²) in [4.78, 5) is 26.5. The SMILES string of the molecule is CC(=O)c1csc(NC(=O)CCCCCN)n1. The van der Waals surface area contributed by atoms with E-state index in [4.69, 9.17) is 5.73 Å². The van der Waals surface area contributed by atoms with E-state index in [2.05, 4.69) is 10.3 Å². The molecule has 6 heteroatoms. The van der Waals surface area contributed by atoms with E-state index in [9.17, 15) is 9.59 Å². The van der Waals surface area contributed by atoms with Crippen molar-refractivity contribution in [3.05, 3.63) is 11.1 Å². The summed E-state index contributed by atoms with van der Waals surface area (Å²) in [6.07, 6.45) is 3.20. The largest absolute Gasteiger partial charge is 0.330 e. The molecule has 0 spiro atoms. The van der Waals surface area contributed by atoms with Crippen molar-refractivity contribution in [3.63, 3.8) is 0 Å². The summed E-state index contributed by atoms with van der Waals surface area (Å²) in [5.74, 6) is -0.156. The molecule has 0 saturated carbocycles. The van der Waals surface area contributed by atoms with Crippen LogP contribution in [0.1, 0.15) is 43.1 Å². The topological polar surface area (TPSA) is 85.1 Å². The third-order valence-electron chi connectivity index (χ3n) is 2.22. The first kappa shape index (κ1) is 13.8. The van der Waals surface area contributed by atoms with Crippen LogP contribution in [-0.4, -0.2) is 23.2 Å². The van der Waals surface area contributed by atoms with Crippen LogP contribution in [0, 0.1) is 0 Å². The molecule has 3 N–H and O–H groups in total. The second-order valence-corrected chi connectivity index (χ2v) is 4.60. The highest BCUT2D eigenvalue weighted by molar-refractivity contribution is 7.14. The number of unbranched alkanes of at least 4 members (excludes halogenated alkanes) is 2. The third-order valence-corrected chi connectivity index (χ3v) is 2.98. The highest BCUT2D eigenvalue weighted by Gasteiger charge is 2.08. The Kier molecular flexibility index (Phi) is 5.79. The standard InChI is InChI=1S/C11H17N3O2S/c1-8(15)9-7-17-11(13-9)14-10(16)5-3-2-4-6-12/h7H,2-6,12H2,1H3,(H,13,14,16). The maximum atomic E-state index is 11.5. The number of nitrogens with two attached hydrogens (primary N) is 1. The molecule has 0 unspecified atom stereocenters. The Hall–Kier alpha value is -1.27. The normalized spacial score (nSPS) is 10.2. The number of carbonyl (C=O) groups is 2. The van der Waals surface area contributed by atoms with Crippen LogP contribution >= 0.6 is 11.3 Å². The third kappa shape index (κ3) is 5.06. The molecule has 5 nitrogen and oxygen atoms in total. The zero-order valence-corrected chi connectivity index (χ0v) is 10.7. The predicted octanol–water partition coefficient (Wildman–Crippen LogP) is 1.80. The Morgan fingerprint density at radius 1 is 1.41 bits per heavy atom. The van der Waals surface area contributed by atoms with Gasteiger partial charge in [-0.3, -0.25) is 9.59 Å². The molecule has 0 aliphatic carbocycles. The van der Waals surface area contributed by atoms with Crippen molar-refractivity contribution in [1.29, 1.82) is 0 Å². The molecule has 0 aromatic carbocycles. The second kappa shape index (κ2) is 7.13. The smallest absolute Gasteiger partial charge is 0.226 e. The summed E-state index contributed by atoms with van der Waals surface area (Å²) < 4.78 is 0. The van der Waals surface area contributed by atoms with E-state index in [1.807, 2.05) is 0 Å². The lowest BCUT2D eigenvalue weighted by atomic mass is 10.2. The average molecular weight is 255 g/mol. The Morgan fingerprint density at radius 3 is 2.76 bits per heavy atom. The van der Waals surface area contributed by atoms with Gasteiger partial charge in [-0.15, -0.1) is 11.3 Å². The molecule has 17 heavy (non-hydrogen) atoms. The molecule has 0 radical (unpaired) electrons. The number of carbonyl (C=O) groups excluding carboxylic acids is 2. The van der Waals surface area contributed by atoms with E-state index < -0.39 is 0 Å². The van der Waals surface area contributed by atoms with Crippen LogP contribution in [0.4, 0.5) is 5.13 Å². The molecule has 1 aromatic rings. The van der Waals surface area contributed by atoms with E-state index in [0.717, 1.165) is 19.3 Å². The molecular formula is C11H17N3O2S. The molecule has 0 fully saturated rings. The highest BCUT2D eigenvalue weighted by Crippen LogP contribution is 2.16. The fourth-order valence-electron chi connectivity index (χ4n) is 1.28. The molecule has 94 valence electrons. The lowest BCUT2D eigenvalue weighted by Crippen LogP contribution is -2.11. The maximum absolute atomic E-state index is 11.5. The number of anilines is 1. The van der Waals surface area contributed by atoms with Crippen molar-refractivity contribution in [2.75, 3.05) is 11.9 Å². The van der Waals surface area contributed by atoms with E-state index in [1.54, 1.807) is 5.38 Å². The van der Waals surface area contributed by atoms with Gasteiger partial charge in [0.1, 0.15) is 5.69 Å². The summed E-state index contributed by atoms with van der Waals surface area (Å²) in [6.45, 7) is 2.11. The molecule has 0 bridgehead atoms. The van der Waals surface area contributed by atoms with Crippen LogP contribution in [0.15, 0.2) is 5.38 Å². The first-order valence-electron chi connectivity index (χ1n) is 5.60. The van der Waals surface area contributed by atoms with Crippen molar-refractivity contribution < 1.29 is 9.59 Å². The first-order valence-corrected chi connectivity index (χ1v) is 6.48. The summed E-state index contributed by atoms with van der Waals surface area (Å²) in [7, 11) is 0. The number of aromatic nitrogens is 1. The molecular weight excluding hydrogens is 238 g/mol. The summed E-state index contributed by atoms with van der Waals surface area (Å²) in [5.41, 5.74) is 5.76. The second-order valence-electron chi connectivity index (χ2n) is 3.74. The van der Waals surface area contributed by atoms with Crippen molar-refractivity contribution in [3.8, 4) is 0 Å². The number of hydrogen-bond donors (Lipinski definition) is 2. The van der Waals surface area contributed by atoms with Gasteiger partial charge in [-0.25, -0.2) is 4.98 Å². The van der Waals surface area contributed by atoms with Gasteiger partial charge in [0.25, 0.3) is 0 Å². The molecule has 1 aromatic heterocycles. The molecule has 1 heterocycles. The number of thiazole rings is 1. The zero-order valence-electron chi connectivity index (χ0n) is 9.86. The number of Topliss-reactive ketones (excluding diaryl/α,β-unsaturated/α-hetero) is 1. The fourth-order valence-corrected chi connectivity index (χ4v) is 2.05.